The van der Waals surface area contributed by atoms with E-state index in [-0.39, 0.29) is 17.0 Å². The number of aromatic nitrogens is 1. The van der Waals surface area contributed by atoms with Crippen LogP contribution >= 0.6 is 23.4 Å². The molecule has 0 unspecified atom stereocenters. The van der Waals surface area contributed by atoms with Gasteiger partial charge in [0.2, 0.25) is 0 Å². The third-order valence-corrected chi connectivity index (χ3v) is 8.36. The van der Waals surface area contributed by atoms with Gasteiger partial charge in [0.15, 0.2) is 5.12 Å². The van der Waals surface area contributed by atoms with Crippen molar-refractivity contribution in [1.82, 2.24) is 15.2 Å². The van der Waals surface area contributed by atoms with Crippen molar-refractivity contribution < 1.29 is 19.5 Å². The highest BCUT2D eigenvalue weighted by Gasteiger charge is 2.50. The van der Waals surface area contributed by atoms with Gasteiger partial charge in [-0.2, -0.15) is 0 Å². The molecular formula is C25H36ClN3O4S. The molecule has 4 saturated carbocycles. The Morgan fingerprint density at radius 2 is 1.68 bits per heavy atom. The first-order chi connectivity index (χ1) is 16.3. The van der Waals surface area contributed by atoms with Crippen molar-refractivity contribution in [2.45, 2.75) is 58.4 Å². The number of alkyl halides is 1. The van der Waals surface area contributed by atoms with Gasteiger partial charge in [0.1, 0.15) is 5.88 Å². The molecule has 0 saturated heterocycles. The zero-order valence-corrected chi connectivity index (χ0v) is 21.5. The number of carboxylic acids is 1. The molecule has 4 aliphatic rings. The molecule has 0 radical (unpaired) electrons. The lowest BCUT2D eigenvalue weighted by Gasteiger charge is -2.57. The first kappa shape index (κ1) is 26.8. The van der Waals surface area contributed by atoms with E-state index in [1.807, 2.05) is 17.0 Å². The van der Waals surface area contributed by atoms with Crippen molar-refractivity contribution in [1.29, 1.82) is 0 Å². The molecule has 0 aromatic carbocycles. The van der Waals surface area contributed by atoms with E-state index in [0.717, 1.165) is 36.3 Å². The summed E-state index contributed by atoms with van der Waals surface area (Å²) in [5.41, 5.74) is 1.51. The second-order valence-electron chi connectivity index (χ2n) is 10.0. The van der Waals surface area contributed by atoms with Gasteiger partial charge in [0.05, 0.1) is 0 Å². The third-order valence-electron chi connectivity index (χ3n) is 7.34. The molecule has 2 N–H and O–H groups in total. The molecule has 5 rings (SSSR count). The van der Waals surface area contributed by atoms with E-state index in [1.165, 1.54) is 50.3 Å². The SMILES string of the molecule is CC(=O)SCCN(CCC12CC3CC(CC(C3)C1)C2)C(=O)NCc1ccncc1.O=C(O)CCl. The van der Waals surface area contributed by atoms with Gasteiger partial charge in [-0.05, 0) is 85.8 Å². The average Bonchev–Trinajstić information content (AvgIpc) is 2.79. The highest BCUT2D eigenvalue weighted by atomic mass is 35.5. The summed E-state index contributed by atoms with van der Waals surface area (Å²) in [6.45, 7) is 3.52. The molecule has 4 fully saturated rings. The van der Waals surface area contributed by atoms with E-state index in [9.17, 15) is 14.4 Å². The minimum atomic E-state index is -0.980. The van der Waals surface area contributed by atoms with Gasteiger partial charge < -0.3 is 15.3 Å². The number of carbonyl (C=O) groups is 3. The van der Waals surface area contributed by atoms with Gasteiger partial charge in [0.25, 0.3) is 0 Å². The average molecular weight is 510 g/mol. The van der Waals surface area contributed by atoms with Gasteiger partial charge in [-0.25, -0.2) is 4.79 Å². The number of aliphatic carboxylic acids is 1. The molecule has 0 spiro atoms. The zero-order valence-electron chi connectivity index (χ0n) is 19.9. The fourth-order valence-corrected chi connectivity index (χ4v) is 6.97. The topological polar surface area (TPSA) is 99.6 Å². The standard InChI is InChI=1S/C23H33N3O2S.C2H3ClO2/c1-17(27)29-9-8-26(22(28)25-16-18-2-5-24-6-3-18)7-4-23-13-19-10-20(14-23)12-21(11-19)15-23;3-1-2(4)5/h2-3,5-6,19-21H,4,7-16H2,1H3,(H,25,28);1H2,(H,4,5). The molecular weight excluding hydrogens is 474 g/mol. The number of hydrogen-bond donors (Lipinski definition) is 2. The van der Waals surface area contributed by atoms with E-state index in [4.69, 9.17) is 16.7 Å². The number of carbonyl (C=O) groups excluding carboxylic acids is 2. The van der Waals surface area contributed by atoms with E-state index in [2.05, 4.69) is 10.3 Å². The molecule has 1 heterocycles. The van der Waals surface area contributed by atoms with Crippen LogP contribution in [0.2, 0.25) is 0 Å². The molecule has 1 aromatic heterocycles. The quantitative estimate of drug-likeness (QED) is 0.464. The number of pyridine rings is 1. The number of nitrogens with one attached hydrogen (secondary N) is 1. The Kier molecular flexibility index (Phi) is 10.1. The van der Waals surface area contributed by atoms with Crippen molar-refractivity contribution in [2.75, 3.05) is 24.7 Å². The maximum Gasteiger partial charge on any atom is 0.318 e. The van der Waals surface area contributed by atoms with E-state index < -0.39 is 5.97 Å². The van der Waals surface area contributed by atoms with Crippen LogP contribution in [-0.4, -0.2) is 56.8 Å². The monoisotopic (exact) mass is 509 g/mol. The van der Waals surface area contributed by atoms with Crippen molar-refractivity contribution in [3.05, 3.63) is 30.1 Å². The van der Waals surface area contributed by atoms with Crippen LogP contribution in [0, 0.1) is 23.2 Å². The zero-order chi connectivity index (χ0) is 24.6. The van der Waals surface area contributed by atoms with Crippen LogP contribution < -0.4 is 5.32 Å². The maximum absolute atomic E-state index is 12.9. The summed E-state index contributed by atoms with van der Waals surface area (Å²) < 4.78 is 0. The number of amides is 2. The summed E-state index contributed by atoms with van der Waals surface area (Å²) in [5, 5.41) is 10.8. The van der Waals surface area contributed by atoms with Gasteiger partial charge in [-0.3, -0.25) is 14.6 Å². The van der Waals surface area contributed by atoms with Crippen molar-refractivity contribution in [3.63, 3.8) is 0 Å². The Morgan fingerprint density at radius 1 is 1.12 bits per heavy atom. The van der Waals surface area contributed by atoms with E-state index in [1.54, 1.807) is 19.3 Å². The third kappa shape index (κ3) is 8.15. The Morgan fingerprint density at radius 3 is 2.18 bits per heavy atom. The largest absolute Gasteiger partial charge is 0.480 e. The maximum atomic E-state index is 12.9. The number of urea groups is 1. The normalized spacial score (nSPS) is 26.4. The lowest BCUT2D eigenvalue weighted by molar-refractivity contribution is -0.134. The van der Waals surface area contributed by atoms with Crippen LogP contribution in [0.3, 0.4) is 0 Å². The number of nitrogens with zero attached hydrogens (tertiary/aromatic N) is 2. The second-order valence-corrected chi connectivity index (χ2v) is 11.6. The molecule has 1 aromatic rings. The molecule has 34 heavy (non-hydrogen) atoms. The minimum Gasteiger partial charge on any atom is -0.480 e. The Balaban J connectivity index is 0.000000588. The molecule has 9 heteroatoms. The van der Waals surface area contributed by atoms with Crippen LogP contribution in [0.1, 0.15) is 57.4 Å². The summed E-state index contributed by atoms with van der Waals surface area (Å²) in [6, 6.07) is 3.83. The summed E-state index contributed by atoms with van der Waals surface area (Å²) in [5.74, 6) is 2.18. The van der Waals surface area contributed by atoms with Crippen LogP contribution in [0.4, 0.5) is 4.79 Å². The predicted octanol–water partition coefficient (Wildman–Crippen LogP) is 4.79. The van der Waals surface area contributed by atoms with Crippen molar-refractivity contribution >= 4 is 40.5 Å². The van der Waals surface area contributed by atoms with Crippen molar-refractivity contribution in [3.8, 4) is 0 Å². The van der Waals surface area contributed by atoms with Gasteiger partial charge in [-0.1, -0.05) is 11.8 Å². The van der Waals surface area contributed by atoms with Crippen LogP contribution in [0.15, 0.2) is 24.5 Å². The fraction of sp³-hybridized carbons (Fsp3) is 0.680. The smallest absolute Gasteiger partial charge is 0.318 e. The Bertz CT molecular complexity index is 803. The van der Waals surface area contributed by atoms with Crippen LogP contribution in [0.25, 0.3) is 0 Å². The van der Waals surface area contributed by atoms with E-state index >= 15 is 0 Å². The minimum absolute atomic E-state index is 0.0179. The molecule has 4 aliphatic carbocycles. The summed E-state index contributed by atoms with van der Waals surface area (Å²) in [6.07, 6.45) is 13.1. The Labute approximate surface area is 211 Å². The number of halogens is 1. The van der Waals surface area contributed by atoms with Gasteiger partial charge in [-0.15, -0.1) is 11.6 Å². The molecule has 4 bridgehead atoms. The highest BCUT2D eigenvalue weighted by molar-refractivity contribution is 8.13. The van der Waals surface area contributed by atoms with E-state index in [0.29, 0.717) is 24.3 Å². The van der Waals surface area contributed by atoms with Gasteiger partial charge in [0, 0.05) is 44.7 Å². The number of hydrogen-bond acceptors (Lipinski definition) is 5. The second kappa shape index (κ2) is 12.8. The summed E-state index contributed by atoms with van der Waals surface area (Å²) in [7, 11) is 0. The number of thioether (sulfide) groups is 1. The fourth-order valence-electron chi connectivity index (χ4n) is 6.37. The molecule has 0 aliphatic heterocycles. The Hall–Kier alpha value is -1.80. The lowest BCUT2D eigenvalue weighted by Crippen LogP contribution is -2.48. The summed E-state index contributed by atoms with van der Waals surface area (Å²) in [4.78, 5) is 39.4. The molecule has 188 valence electrons. The summed E-state index contributed by atoms with van der Waals surface area (Å²) >= 11 is 6.04. The first-order valence-electron chi connectivity index (χ1n) is 12.1. The highest BCUT2D eigenvalue weighted by Crippen LogP contribution is 2.61. The van der Waals surface area contributed by atoms with Crippen molar-refractivity contribution in [2.24, 2.45) is 23.2 Å². The molecule has 7 nitrogen and oxygen atoms in total. The van der Waals surface area contributed by atoms with Gasteiger partial charge >= 0.3 is 12.0 Å². The molecule has 0 atom stereocenters. The number of rotatable bonds is 9. The number of carboxylic acid groups (broad SMARTS) is 1. The van der Waals surface area contributed by atoms with Crippen LogP contribution in [-0.2, 0) is 16.1 Å². The van der Waals surface area contributed by atoms with Crippen LogP contribution in [0.5, 0.6) is 0 Å². The molecule has 2 amide bonds. The first-order valence-corrected chi connectivity index (χ1v) is 13.6. The lowest BCUT2D eigenvalue weighted by atomic mass is 9.49. The predicted molar refractivity (Wildman–Crippen MR) is 135 cm³/mol.